The lowest BCUT2D eigenvalue weighted by atomic mass is 9.93. The lowest BCUT2D eigenvalue weighted by molar-refractivity contribution is 1.07. The fourth-order valence-corrected chi connectivity index (χ4v) is 7.81. The van der Waals surface area contributed by atoms with Gasteiger partial charge in [0.15, 0.2) is 17.5 Å². The van der Waals surface area contributed by atoms with Crippen molar-refractivity contribution in [2.24, 2.45) is 0 Å². The molecule has 0 fully saturated rings. The van der Waals surface area contributed by atoms with Gasteiger partial charge in [0.1, 0.15) is 0 Å². The molecule has 0 aliphatic heterocycles. The molecule has 0 radical (unpaired) electrons. The van der Waals surface area contributed by atoms with Crippen LogP contribution in [0.2, 0.25) is 0 Å². The Balaban J connectivity index is 1.18. The van der Waals surface area contributed by atoms with E-state index in [-0.39, 0.29) is 0 Å². The van der Waals surface area contributed by atoms with Crippen LogP contribution in [0.1, 0.15) is 5.56 Å². The second-order valence-corrected chi connectivity index (χ2v) is 14.1. The number of aromatic nitrogens is 4. The van der Waals surface area contributed by atoms with Crippen molar-refractivity contribution in [3.63, 3.8) is 0 Å². The summed E-state index contributed by atoms with van der Waals surface area (Å²) < 4.78 is 2.40. The maximum atomic E-state index is 5.07. The molecule has 0 spiro atoms. The van der Waals surface area contributed by atoms with Crippen molar-refractivity contribution in [1.82, 2.24) is 19.5 Å². The lowest BCUT2D eigenvalue weighted by Crippen LogP contribution is -2.00. The van der Waals surface area contributed by atoms with Gasteiger partial charge in [-0.1, -0.05) is 164 Å². The average Bonchev–Trinajstić information content (AvgIpc) is 3.62. The van der Waals surface area contributed by atoms with Crippen LogP contribution in [0.5, 0.6) is 0 Å². The van der Waals surface area contributed by atoms with Crippen LogP contribution < -0.4 is 0 Å². The smallest absolute Gasteiger partial charge is 0.164 e. The Morgan fingerprint density at radius 3 is 1.41 bits per heavy atom. The van der Waals surface area contributed by atoms with Gasteiger partial charge in [0.05, 0.1) is 11.0 Å². The predicted molar refractivity (Wildman–Crippen MR) is 232 cm³/mol. The molecule has 0 aliphatic rings. The molecule has 2 aromatic heterocycles. The average molecular weight is 717 g/mol. The summed E-state index contributed by atoms with van der Waals surface area (Å²) in [5, 5.41) is 2.41. The summed E-state index contributed by atoms with van der Waals surface area (Å²) in [5.74, 6) is 1.93. The van der Waals surface area contributed by atoms with Crippen LogP contribution in [0.15, 0.2) is 200 Å². The summed E-state index contributed by atoms with van der Waals surface area (Å²) in [7, 11) is 0. The Morgan fingerprint density at radius 1 is 0.339 bits per heavy atom. The van der Waals surface area contributed by atoms with Gasteiger partial charge in [-0.05, 0) is 82.3 Å². The number of hydrogen-bond acceptors (Lipinski definition) is 3. The fourth-order valence-electron chi connectivity index (χ4n) is 7.81. The molecule has 0 unspecified atom stereocenters. The third-order valence-electron chi connectivity index (χ3n) is 10.6. The Labute approximate surface area is 326 Å². The molecule has 0 saturated heterocycles. The normalized spacial score (nSPS) is 11.3. The first-order valence-electron chi connectivity index (χ1n) is 18.9. The van der Waals surface area contributed by atoms with Crippen molar-refractivity contribution < 1.29 is 0 Å². The SMILES string of the molecule is Cc1ccc(-c2nc(-c3ccccc3)nc(-c3ccccc3)n2)cc1-c1cccc2c1c1cc(-c3ccccc3)ccc1n2-c1ccc(-c2ccccc2)cc1. The van der Waals surface area contributed by atoms with Gasteiger partial charge in [0.2, 0.25) is 0 Å². The van der Waals surface area contributed by atoms with Gasteiger partial charge in [0, 0.05) is 33.2 Å². The zero-order chi connectivity index (χ0) is 37.4. The van der Waals surface area contributed by atoms with E-state index in [1.807, 2.05) is 60.7 Å². The van der Waals surface area contributed by atoms with E-state index in [1.54, 1.807) is 0 Å². The van der Waals surface area contributed by atoms with Gasteiger partial charge in [-0.3, -0.25) is 0 Å². The zero-order valence-corrected chi connectivity index (χ0v) is 30.8. The number of nitrogens with zero attached hydrogens (tertiary/aromatic N) is 4. The number of hydrogen-bond donors (Lipinski definition) is 0. The first-order valence-corrected chi connectivity index (χ1v) is 18.9. The maximum absolute atomic E-state index is 5.07. The highest BCUT2D eigenvalue weighted by molar-refractivity contribution is 6.17. The van der Waals surface area contributed by atoms with E-state index in [1.165, 1.54) is 38.6 Å². The van der Waals surface area contributed by atoms with Crippen molar-refractivity contribution in [2.75, 3.05) is 0 Å². The molecule has 10 aromatic rings. The third kappa shape index (κ3) is 6.04. The summed E-state index contributed by atoms with van der Waals surface area (Å²) in [6.07, 6.45) is 0. The highest BCUT2D eigenvalue weighted by Crippen LogP contribution is 2.42. The molecule has 10 rings (SSSR count). The first-order chi connectivity index (χ1) is 27.7. The van der Waals surface area contributed by atoms with Crippen LogP contribution in [0.25, 0.3) is 95.0 Å². The minimum Gasteiger partial charge on any atom is -0.309 e. The number of rotatable bonds is 7. The van der Waals surface area contributed by atoms with Crippen LogP contribution in [-0.2, 0) is 0 Å². The number of aryl methyl sites for hydroxylation is 1. The van der Waals surface area contributed by atoms with Gasteiger partial charge in [0.25, 0.3) is 0 Å². The van der Waals surface area contributed by atoms with Crippen molar-refractivity contribution >= 4 is 21.8 Å². The number of fused-ring (bicyclic) bond motifs is 3. The van der Waals surface area contributed by atoms with Crippen molar-refractivity contribution in [1.29, 1.82) is 0 Å². The monoisotopic (exact) mass is 716 g/mol. The van der Waals surface area contributed by atoms with Crippen molar-refractivity contribution in [2.45, 2.75) is 6.92 Å². The molecule has 0 atom stereocenters. The Hall–Kier alpha value is -7.43. The van der Waals surface area contributed by atoms with Crippen LogP contribution in [0.4, 0.5) is 0 Å². The molecule has 0 N–H and O–H groups in total. The molecule has 4 nitrogen and oxygen atoms in total. The molecular weight excluding hydrogens is 681 g/mol. The van der Waals surface area contributed by atoms with Gasteiger partial charge in [-0.2, -0.15) is 0 Å². The van der Waals surface area contributed by atoms with Gasteiger partial charge in [-0.25, -0.2) is 15.0 Å². The van der Waals surface area contributed by atoms with Crippen molar-refractivity contribution in [3.8, 4) is 73.2 Å². The standard InChI is InChI=1S/C52H36N4/c1-35-25-26-42(52-54-50(39-19-10-4-11-20-39)53-51(55-52)40-21-12-5-13-22-40)34-45(35)44-23-14-24-48-49(44)46-33-41(37-17-8-3-9-18-37)29-32-47(46)56(48)43-30-27-38(28-31-43)36-15-6-2-7-16-36/h2-34H,1H3. The van der Waals surface area contributed by atoms with E-state index in [0.717, 1.165) is 44.5 Å². The van der Waals surface area contributed by atoms with Crippen LogP contribution in [0, 0.1) is 6.92 Å². The molecule has 0 bridgehead atoms. The van der Waals surface area contributed by atoms with Gasteiger partial charge >= 0.3 is 0 Å². The van der Waals surface area contributed by atoms with E-state index in [0.29, 0.717) is 17.5 Å². The van der Waals surface area contributed by atoms with Crippen molar-refractivity contribution in [3.05, 3.63) is 206 Å². The second-order valence-electron chi connectivity index (χ2n) is 14.1. The van der Waals surface area contributed by atoms with Crippen LogP contribution >= 0.6 is 0 Å². The molecule has 4 heteroatoms. The molecule has 56 heavy (non-hydrogen) atoms. The minimum absolute atomic E-state index is 0.637. The first kappa shape index (κ1) is 33.2. The van der Waals surface area contributed by atoms with Gasteiger partial charge in [-0.15, -0.1) is 0 Å². The van der Waals surface area contributed by atoms with E-state index >= 15 is 0 Å². The molecule has 0 amide bonds. The second kappa shape index (κ2) is 14.1. The summed E-state index contributed by atoms with van der Waals surface area (Å²) in [5.41, 5.74) is 14.5. The third-order valence-corrected chi connectivity index (χ3v) is 10.6. The van der Waals surface area contributed by atoms with Crippen LogP contribution in [-0.4, -0.2) is 19.5 Å². The summed E-state index contributed by atoms with van der Waals surface area (Å²) in [6, 6.07) is 70.5. The molecular formula is C52H36N4. The van der Waals surface area contributed by atoms with Crippen LogP contribution in [0.3, 0.4) is 0 Å². The van der Waals surface area contributed by atoms with E-state index < -0.39 is 0 Å². The quantitative estimate of drug-likeness (QED) is 0.165. The van der Waals surface area contributed by atoms with E-state index in [4.69, 9.17) is 15.0 Å². The highest BCUT2D eigenvalue weighted by atomic mass is 15.0. The summed E-state index contributed by atoms with van der Waals surface area (Å²) in [4.78, 5) is 15.1. The minimum atomic E-state index is 0.637. The summed E-state index contributed by atoms with van der Waals surface area (Å²) >= 11 is 0. The Kier molecular flexibility index (Phi) is 8.34. The predicted octanol–water partition coefficient (Wildman–Crippen LogP) is 13.3. The maximum Gasteiger partial charge on any atom is 0.164 e. The molecule has 2 heterocycles. The lowest BCUT2D eigenvalue weighted by Gasteiger charge is -2.13. The molecule has 8 aromatic carbocycles. The molecule has 264 valence electrons. The molecule has 0 aliphatic carbocycles. The Morgan fingerprint density at radius 2 is 0.821 bits per heavy atom. The molecule has 0 saturated carbocycles. The number of benzene rings is 8. The summed E-state index contributed by atoms with van der Waals surface area (Å²) in [6.45, 7) is 2.19. The fraction of sp³-hybridized carbons (Fsp3) is 0.0192. The largest absolute Gasteiger partial charge is 0.309 e. The topological polar surface area (TPSA) is 43.6 Å². The highest BCUT2D eigenvalue weighted by Gasteiger charge is 2.20. The van der Waals surface area contributed by atoms with E-state index in [2.05, 4.69) is 151 Å². The zero-order valence-electron chi connectivity index (χ0n) is 30.8. The van der Waals surface area contributed by atoms with E-state index in [9.17, 15) is 0 Å². The Bertz CT molecular complexity index is 2930. The van der Waals surface area contributed by atoms with Gasteiger partial charge < -0.3 is 4.57 Å².